The summed E-state index contributed by atoms with van der Waals surface area (Å²) >= 11 is 6.45. The summed E-state index contributed by atoms with van der Waals surface area (Å²) in [5.74, 6) is -0.648. The lowest BCUT2D eigenvalue weighted by Crippen LogP contribution is -2.41. The number of aliphatic hydroxyl groups is 1. The SMILES string of the molecule is CC(C)C(CO)NC(=O)c1ccc2c(-c3cc(C#N)ccc3Cl)nn(-c3ccc(F)cc3)c2c1. The summed E-state index contributed by atoms with van der Waals surface area (Å²) < 4.78 is 15.2. The predicted octanol–water partition coefficient (Wildman–Crippen LogP) is 5.10. The van der Waals surface area contributed by atoms with Crippen LogP contribution < -0.4 is 5.32 Å². The van der Waals surface area contributed by atoms with Gasteiger partial charge in [-0.25, -0.2) is 9.07 Å². The predicted molar refractivity (Wildman–Crippen MR) is 129 cm³/mol. The molecule has 0 aliphatic rings. The highest BCUT2D eigenvalue weighted by atomic mass is 35.5. The molecule has 0 fully saturated rings. The molecule has 0 bridgehead atoms. The van der Waals surface area contributed by atoms with Crippen LogP contribution in [-0.2, 0) is 0 Å². The molecule has 1 unspecified atom stereocenters. The Morgan fingerprint density at radius 1 is 1.18 bits per heavy atom. The first-order valence-electron chi connectivity index (χ1n) is 10.7. The van der Waals surface area contributed by atoms with E-state index in [-0.39, 0.29) is 30.3 Å². The number of halogens is 2. The lowest BCUT2D eigenvalue weighted by molar-refractivity contribution is 0.0897. The molecule has 1 aromatic heterocycles. The summed E-state index contributed by atoms with van der Waals surface area (Å²) in [5.41, 5.74) is 3.13. The first kappa shape index (κ1) is 23.4. The summed E-state index contributed by atoms with van der Waals surface area (Å²) in [6.07, 6.45) is 0. The van der Waals surface area contributed by atoms with E-state index in [2.05, 4.69) is 11.4 Å². The Kier molecular flexibility index (Phi) is 6.64. The van der Waals surface area contributed by atoms with Gasteiger partial charge >= 0.3 is 0 Å². The number of aromatic nitrogens is 2. The number of aliphatic hydroxyl groups excluding tert-OH is 1. The summed E-state index contributed by atoms with van der Waals surface area (Å²) in [5, 5.41) is 27.6. The van der Waals surface area contributed by atoms with Gasteiger partial charge in [0.15, 0.2) is 0 Å². The Balaban J connectivity index is 1.90. The second kappa shape index (κ2) is 9.64. The largest absolute Gasteiger partial charge is 0.394 e. The molecule has 3 aromatic carbocycles. The first-order chi connectivity index (χ1) is 16.3. The third kappa shape index (κ3) is 4.51. The third-order valence-electron chi connectivity index (χ3n) is 5.68. The van der Waals surface area contributed by atoms with E-state index in [4.69, 9.17) is 16.7 Å². The summed E-state index contributed by atoms with van der Waals surface area (Å²) in [6, 6.07) is 17.6. The second-order valence-electron chi connectivity index (χ2n) is 8.28. The molecule has 34 heavy (non-hydrogen) atoms. The van der Waals surface area contributed by atoms with Gasteiger partial charge in [0.2, 0.25) is 0 Å². The molecule has 172 valence electrons. The van der Waals surface area contributed by atoms with E-state index in [0.717, 1.165) is 0 Å². The summed E-state index contributed by atoms with van der Waals surface area (Å²) in [6.45, 7) is 3.66. The Bertz CT molecular complexity index is 1410. The maximum absolute atomic E-state index is 13.6. The molecule has 1 heterocycles. The first-order valence-corrected chi connectivity index (χ1v) is 11.1. The minimum absolute atomic E-state index is 0.0589. The van der Waals surface area contributed by atoms with Crippen molar-refractivity contribution in [3.8, 4) is 23.0 Å². The van der Waals surface area contributed by atoms with E-state index >= 15 is 0 Å². The fourth-order valence-electron chi connectivity index (χ4n) is 3.69. The van der Waals surface area contributed by atoms with Crippen LogP contribution in [0.2, 0.25) is 5.02 Å². The number of nitrogens with one attached hydrogen (secondary N) is 1. The maximum atomic E-state index is 13.6. The van der Waals surface area contributed by atoms with Crippen LogP contribution in [0.25, 0.3) is 27.8 Å². The van der Waals surface area contributed by atoms with Crippen LogP contribution in [0.15, 0.2) is 60.7 Å². The van der Waals surface area contributed by atoms with Gasteiger partial charge in [0.1, 0.15) is 11.5 Å². The number of fused-ring (bicyclic) bond motifs is 1. The van der Waals surface area contributed by atoms with Crippen molar-refractivity contribution in [1.82, 2.24) is 15.1 Å². The lowest BCUT2D eigenvalue weighted by atomic mass is 10.0. The number of carbonyl (C=O) groups is 1. The van der Waals surface area contributed by atoms with Crippen LogP contribution in [-0.4, -0.2) is 33.4 Å². The summed E-state index contributed by atoms with van der Waals surface area (Å²) in [7, 11) is 0. The van der Waals surface area contributed by atoms with Crippen molar-refractivity contribution in [1.29, 1.82) is 5.26 Å². The molecule has 0 saturated heterocycles. The third-order valence-corrected chi connectivity index (χ3v) is 6.01. The molecule has 0 spiro atoms. The molecule has 0 saturated carbocycles. The monoisotopic (exact) mass is 476 g/mol. The van der Waals surface area contributed by atoms with Gasteiger partial charge in [-0.2, -0.15) is 10.4 Å². The van der Waals surface area contributed by atoms with Crippen molar-refractivity contribution in [2.75, 3.05) is 6.61 Å². The highest BCUT2D eigenvalue weighted by molar-refractivity contribution is 6.33. The summed E-state index contributed by atoms with van der Waals surface area (Å²) in [4.78, 5) is 12.9. The van der Waals surface area contributed by atoms with Crippen LogP contribution in [0.3, 0.4) is 0 Å². The van der Waals surface area contributed by atoms with E-state index in [1.807, 2.05) is 13.8 Å². The van der Waals surface area contributed by atoms with Gasteiger partial charge in [0, 0.05) is 16.5 Å². The zero-order chi connectivity index (χ0) is 24.4. The molecule has 6 nitrogen and oxygen atoms in total. The number of rotatable bonds is 6. The van der Waals surface area contributed by atoms with Crippen LogP contribution >= 0.6 is 11.6 Å². The average molecular weight is 477 g/mol. The number of carbonyl (C=O) groups excluding carboxylic acids is 1. The smallest absolute Gasteiger partial charge is 0.251 e. The number of hydrogen-bond donors (Lipinski definition) is 2. The van der Waals surface area contributed by atoms with E-state index in [1.54, 1.807) is 53.2 Å². The average Bonchev–Trinajstić information content (AvgIpc) is 3.21. The molecule has 1 amide bonds. The highest BCUT2D eigenvalue weighted by Gasteiger charge is 2.20. The second-order valence-corrected chi connectivity index (χ2v) is 8.69. The zero-order valence-corrected chi connectivity index (χ0v) is 19.3. The molecule has 4 aromatic rings. The number of nitriles is 1. The van der Waals surface area contributed by atoms with Crippen LogP contribution in [0.1, 0.15) is 29.8 Å². The van der Waals surface area contributed by atoms with Gasteiger partial charge in [0.25, 0.3) is 5.91 Å². The molecular weight excluding hydrogens is 455 g/mol. The van der Waals surface area contributed by atoms with Gasteiger partial charge in [-0.15, -0.1) is 0 Å². The minimum atomic E-state index is -0.381. The van der Waals surface area contributed by atoms with Gasteiger partial charge in [-0.05, 0) is 66.6 Å². The van der Waals surface area contributed by atoms with Gasteiger partial charge < -0.3 is 10.4 Å². The Hall–Kier alpha value is -3.73. The Morgan fingerprint density at radius 2 is 1.91 bits per heavy atom. The number of benzene rings is 3. The van der Waals surface area contributed by atoms with Gasteiger partial charge in [-0.3, -0.25) is 4.79 Å². The quantitative estimate of drug-likeness (QED) is 0.405. The number of amides is 1. The van der Waals surface area contributed by atoms with Crippen LogP contribution in [0, 0.1) is 23.1 Å². The molecule has 0 aliphatic heterocycles. The van der Waals surface area contributed by atoms with Crippen molar-refractivity contribution in [3.63, 3.8) is 0 Å². The number of hydrogen-bond acceptors (Lipinski definition) is 4. The highest BCUT2D eigenvalue weighted by Crippen LogP contribution is 2.35. The Morgan fingerprint density at radius 3 is 2.56 bits per heavy atom. The standard InChI is InChI=1S/C26H22ClFN4O2/c1-15(2)23(14-33)30-26(34)17-4-9-20-24(12-17)32(19-7-5-18(28)6-8-19)31-25(20)21-11-16(13-29)3-10-22(21)27/h3-12,15,23,33H,14H2,1-2H3,(H,30,34). The molecule has 0 radical (unpaired) electrons. The van der Waals surface area contributed by atoms with Gasteiger partial charge in [-0.1, -0.05) is 25.4 Å². The van der Waals surface area contributed by atoms with Crippen molar-refractivity contribution in [3.05, 3.63) is 82.6 Å². The van der Waals surface area contributed by atoms with E-state index in [9.17, 15) is 19.6 Å². The number of nitrogens with zero attached hydrogens (tertiary/aromatic N) is 3. The van der Waals surface area contributed by atoms with Crippen LogP contribution in [0.4, 0.5) is 4.39 Å². The van der Waals surface area contributed by atoms with E-state index in [1.165, 1.54) is 12.1 Å². The Labute approximate surface area is 201 Å². The van der Waals surface area contributed by atoms with Gasteiger partial charge in [0.05, 0.1) is 40.5 Å². The lowest BCUT2D eigenvalue weighted by Gasteiger charge is -2.19. The van der Waals surface area contributed by atoms with Crippen molar-refractivity contribution >= 4 is 28.4 Å². The van der Waals surface area contributed by atoms with Crippen molar-refractivity contribution in [2.24, 2.45) is 5.92 Å². The minimum Gasteiger partial charge on any atom is -0.394 e. The molecule has 8 heteroatoms. The fourth-order valence-corrected chi connectivity index (χ4v) is 3.89. The molecule has 2 N–H and O–H groups in total. The van der Waals surface area contributed by atoms with Crippen LogP contribution in [0.5, 0.6) is 0 Å². The normalized spacial score (nSPS) is 12.0. The molecular formula is C26H22ClFN4O2. The molecule has 4 rings (SSSR count). The van der Waals surface area contributed by atoms with Crippen molar-refractivity contribution in [2.45, 2.75) is 19.9 Å². The topological polar surface area (TPSA) is 90.9 Å². The molecule has 0 aliphatic carbocycles. The van der Waals surface area contributed by atoms with Crippen molar-refractivity contribution < 1.29 is 14.3 Å². The maximum Gasteiger partial charge on any atom is 0.251 e. The van der Waals surface area contributed by atoms with E-state index < -0.39 is 0 Å². The van der Waals surface area contributed by atoms with E-state index in [0.29, 0.717) is 44.0 Å². The molecule has 1 atom stereocenters. The zero-order valence-electron chi connectivity index (χ0n) is 18.6. The fraction of sp³-hybridized carbons (Fsp3) is 0.192.